The maximum atomic E-state index is 4.34. The van der Waals surface area contributed by atoms with Gasteiger partial charge in [-0.2, -0.15) is 0 Å². The van der Waals surface area contributed by atoms with Gasteiger partial charge >= 0.3 is 0 Å². The second kappa shape index (κ2) is 6.47. The Hall–Kier alpha value is -0.450. The van der Waals surface area contributed by atoms with Crippen LogP contribution >= 0.6 is 11.3 Å². The van der Waals surface area contributed by atoms with Crippen LogP contribution in [0.5, 0.6) is 0 Å². The summed E-state index contributed by atoms with van der Waals surface area (Å²) in [4.78, 5) is 8.35. The molecule has 96 valence electrons. The smallest absolute Gasteiger partial charge is 0.0798 e. The summed E-state index contributed by atoms with van der Waals surface area (Å²) < 4.78 is 0. The van der Waals surface area contributed by atoms with E-state index in [4.69, 9.17) is 0 Å². The van der Waals surface area contributed by atoms with Crippen LogP contribution in [0.25, 0.3) is 0 Å². The molecule has 1 N–H and O–H groups in total. The molecule has 0 bridgehead atoms. The summed E-state index contributed by atoms with van der Waals surface area (Å²) in [6.07, 6.45) is 3.82. The highest BCUT2D eigenvalue weighted by molar-refractivity contribution is 7.09. The van der Waals surface area contributed by atoms with Gasteiger partial charge < -0.3 is 5.32 Å². The standard InChI is InChI=1S/C13H23N3S/c1-3-5-12-8-16(7-4-6-14-12)9-13-11(2)15-10-17-13/h10,12,14H,3-9H2,1-2H3. The van der Waals surface area contributed by atoms with Crippen LogP contribution in [0.1, 0.15) is 36.8 Å². The molecule has 1 unspecified atom stereocenters. The Bertz CT molecular complexity index is 337. The average Bonchev–Trinajstić information content (AvgIpc) is 2.59. The number of aromatic nitrogens is 1. The highest BCUT2D eigenvalue weighted by Gasteiger charge is 2.18. The third-order valence-electron chi connectivity index (χ3n) is 3.41. The van der Waals surface area contributed by atoms with Gasteiger partial charge in [0.05, 0.1) is 11.2 Å². The maximum absolute atomic E-state index is 4.34. The van der Waals surface area contributed by atoms with E-state index in [1.54, 1.807) is 11.3 Å². The first-order chi connectivity index (χ1) is 8.29. The van der Waals surface area contributed by atoms with E-state index in [9.17, 15) is 0 Å². The minimum Gasteiger partial charge on any atom is -0.313 e. The van der Waals surface area contributed by atoms with Gasteiger partial charge in [-0.25, -0.2) is 4.98 Å². The maximum Gasteiger partial charge on any atom is 0.0798 e. The Morgan fingerprint density at radius 3 is 3.18 bits per heavy atom. The summed E-state index contributed by atoms with van der Waals surface area (Å²) in [6, 6.07) is 0.677. The molecule has 0 aliphatic carbocycles. The summed E-state index contributed by atoms with van der Waals surface area (Å²) in [5.74, 6) is 0. The zero-order valence-corrected chi connectivity index (χ0v) is 11.7. The van der Waals surface area contributed by atoms with Crippen LogP contribution in [-0.4, -0.2) is 35.6 Å². The van der Waals surface area contributed by atoms with Crippen molar-refractivity contribution < 1.29 is 0 Å². The number of thiazole rings is 1. The fraction of sp³-hybridized carbons (Fsp3) is 0.769. The zero-order chi connectivity index (χ0) is 12.1. The van der Waals surface area contributed by atoms with Crippen LogP contribution in [0.3, 0.4) is 0 Å². The van der Waals surface area contributed by atoms with Crippen LogP contribution in [-0.2, 0) is 6.54 Å². The lowest BCUT2D eigenvalue weighted by atomic mass is 10.1. The Morgan fingerprint density at radius 1 is 1.59 bits per heavy atom. The predicted molar refractivity (Wildman–Crippen MR) is 73.4 cm³/mol. The average molecular weight is 253 g/mol. The van der Waals surface area contributed by atoms with Gasteiger partial charge in [0.25, 0.3) is 0 Å². The first-order valence-corrected chi connectivity index (χ1v) is 7.52. The Balaban J connectivity index is 1.92. The van der Waals surface area contributed by atoms with Crippen molar-refractivity contribution in [2.75, 3.05) is 19.6 Å². The van der Waals surface area contributed by atoms with Gasteiger partial charge in [-0.1, -0.05) is 13.3 Å². The Morgan fingerprint density at radius 2 is 2.47 bits per heavy atom. The SMILES string of the molecule is CCCC1CN(Cc2scnc2C)CCCN1. The van der Waals surface area contributed by atoms with Gasteiger partial charge in [0.1, 0.15) is 0 Å². The number of hydrogen-bond acceptors (Lipinski definition) is 4. The largest absolute Gasteiger partial charge is 0.313 e. The minimum absolute atomic E-state index is 0.677. The summed E-state index contributed by atoms with van der Waals surface area (Å²) >= 11 is 1.79. The molecular formula is C13H23N3S. The van der Waals surface area contributed by atoms with Crippen LogP contribution < -0.4 is 5.32 Å². The first kappa shape index (κ1) is 13.0. The number of rotatable bonds is 4. The zero-order valence-electron chi connectivity index (χ0n) is 10.9. The molecular weight excluding hydrogens is 230 g/mol. The molecule has 1 fully saturated rings. The van der Waals surface area contributed by atoms with Gasteiger partial charge in [-0.05, 0) is 32.9 Å². The molecule has 0 aromatic carbocycles. The Kier molecular flexibility index (Phi) is 4.95. The molecule has 4 heteroatoms. The lowest BCUT2D eigenvalue weighted by Gasteiger charge is -2.23. The van der Waals surface area contributed by atoms with Crippen LogP contribution in [0.2, 0.25) is 0 Å². The molecule has 1 atom stereocenters. The second-order valence-corrected chi connectivity index (χ2v) is 5.83. The number of nitrogens with one attached hydrogen (secondary N) is 1. The molecule has 2 heterocycles. The highest BCUT2D eigenvalue weighted by Crippen LogP contribution is 2.16. The molecule has 1 aromatic heterocycles. The van der Waals surface area contributed by atoms with Gasteiger partial charge in [0.2, 0.25) is 0 Å². The van der Waals surface area contributed by atoms with Gasteiger partial charge in [0.15, 0.2) is 0 Å². The number of hydrogen-bond donors (Lipinski definition) is 1. The molecule has 17 heavy (non-hydrogen) atoms. The lowest BCUT2D eigenvalue weighted by Crippen LogP contribution is -2.37. The van der Waals surface area contributed by atoms with Crippen molar-refractivity contribution in [3.63, 3.8) is 0 Å². The fourth-order valence-corrected chi connectivity index (χ4v) is 3.26. The number of aryl methyl sites for hydroxylation is 1. The molecule has 3 nitrogen and oxygen atoms in total. The van der Waals surface area contributed by atoms with Crippen molar-refractivity contribution in [2.45, 2.75) is 45.7 Å². The van der Waals surface area contributed by atoms with E-state index in [0.717, 1.165) is 6.54 Å². The van der Waals surface area contributed by atoms with Crippen molar-refractivity contribution in [3.05, 3.63) is 16.1 Å². The van der Waals surface area contributed by atoms with E-state index in [-0.39, 0.29) is 0 Å². The van der Waals surface area contributed by atoms with E-state index in [1.807, 2.05) is 5.51 Å². The molecule has 1 aliphatic rings. The van der Waals surface area contributed by atoms with Gasteiger partial charge in [0, 0.05) is 24.0 Å². The van der Waals surface area contributed by atoms with Crippen LogP contribution in [0, 0.1) is 6.92 Å². The summed E-state index contributed by atoms with van der Waals surface area (Å²) in [7, 11) is 0. The third kappa shape index (κ3) is 3.76. The van der Waals surface area contributed by atoms with E-state index in [2.05, 4.69) is 29.0 Å². The quantitative estimate of drug-likeness (QED) is 0.893. The van der Waals surface area contributed by atoms with E-state index < -0.39 is 0 Å². The van der Waals surface area contributed by atoms with Crippen LogP contribution in [0.4, 0.5) is 0 Å². The number of nitrogens with zero attached hydrogens (tertiary/aromatic N) is 2. The second-order valence-electron chi connectivity index (χ2n) is 4.89. The molecule has 1 saturated heterocycles. The van der Waals surface area contributed by atoms with Crippen molar-refractivity contribution >= 4 is 11.3 Å². The van der Waals surface area contributed by atoms with Crippen molar-refractivity contribution in [1.29, 1.82) is 0 Å². The first-order valence-electron chi connectivity index (χ1n) is 6.64. The van der Waals surface area contributed by atoms with Gasteiger partial charge in [-0.15, -0.1) is 11.3 Å². The minimum atomic E-state index is 0.677. The molecule has 0 saturated carbocycles. The van der Waals surface area contributed by atoms with E-state index in [0.29, 0.717) is 6.04 Å². The Labute approximate surface area is 108 Å². The molecule has 0 spiro atoms. The summed E-state index contributed by atoms with van der Waals surface area (Å²) in [5, 5.41) is 3.65. The summed E-state index contributed by atoms with van der Waals surface area (Å²) in [6.45, 7) is 9.03. The normalized spacial score (nSPS) is 22.6. The molecule has 0 amide bonds. The third-order valence-corrected chi connectivity index (χ3v) is 4.33. The van der Waals surface area contributed by atoms with E-state index in [1.165, 1.54) is 49.5 Å². The monoisotopic (exact) mass is 253 g/mol. The molecule has 2 rings (SSSR count). The molecule has 1 aromatic rings. The predicted octanol–water partition coefficient (Wildman–Crippen LogP) is 2.42. The van der Waals surface area contributed by atoms with Crippen molar-refractivity contribution in [3.8, 4) is 0 Å². The van der Waals surface area contributed by atoms with Gasteiger partial charge in [-0.3, -0.25) is 4.90 Å². The van der Waals surface area contributed by atoms with Crippen LogP contribution in [0.15, 0.2) is 5.51 Å². The molecule has 0 radical (unpaired) electrons. The molecule has 1 aliphatic heterocycles. The fourth-order valence-electron chi connectivity index (χ4n) is 2.44. The summed E-state index contributed by atoms with van der Waals surface area (Å²) in [5.41, 5.74) is 3.17. The topological polar surface area (TPSA) is 28.2 Å². The van der Waals surface area contributed by atoms with E-state index >= 15 is 0 Å². The highest BCUT2D eigenvalue weighted by atomic mass is 32.1. The van der Waals surface area contributed by atoms with Crippen molar-refractivity contribution in [2.24, 2.45) is 0 Å². The van der Waals surface area contributed by atoms with Crippen molar-refractivity contribution in [1.82, 2.24) is 15.2 Å². The lowest BCUT2D eigenvalue weighted by molar-refractivity contribution is 0.256.